The van der Waals surface area contributed by atoms with Gasteiger partial charge in [-0.05, 0) is 48.9 Å². The van der Waals surface area contributed by atoms with Crippen molar-refractivity contribution in [3.63, 3.8) is 0 Å². The molecule has 0 aliphatic rings. The summed E-state index contributed by atoms with van der Waals surface area (Å²) in [6, 6.07) is 14.1. The number of carbonyl (C=O) groups excluding carboxylic acids is 1. The average molecular weight is 399 g/mol. The molecule has 1 aromatic heterocycles. The number of nitrogens with zero attached hydrogens (tertiary/aromatic N) is 1. The fourth-order valence-electron chi connectivity index (χ4n) is 2.58. The monoisotopic (exact) mass is 398 g/mol. The van der Waals surface area contributed by atoms with Crippen molar-refractivity contribution in [1.29, 1.82) is 0 Å². The molecule has 3 rings (SSSR count). The average Bonchev–Trinajstić information content (AvgIpc) is 3.17. The molecule has 144 valence electrons. The van der Waals surface area contributed by atoms with Gasteiger partial charge in [-0.15, -0.1) is 0 Å². The molecular weight excluding hydrogens is 380 g/mol. The summed E-state index contributed by atoms with van der Waals surface area (Å²) in [5.41, 5.74) is 4.77. The minimum absolute atomic E-state index is 0.364. The molecule has 7 heteroatoms. The van der Waals surface area contributed by atoms with Gasteiger partial charge in [0.1, 0.15) is 23.0 Å². The maximum Gasteiger partial charge on any atom is 0.271 e. The van der Waals surface area contributed by atoms with Crippen molar-refractivity contribution in [3.05, 3.63) is 70.4 Å². The van der Waals surface area contributed by atoms with E-state index in [1.165, 1.54) is 20.4 Å². The quantitative estimate of drug-likeness (QED) is 0.483. The highest BCUT2D eigenvalue weighted by Gasteiger charge is 2.10. The first-order chi connectivity index (χ1) is 13.5. The van der Waals surface area contributed by atoms with Crippen LogP contribution < -0.4 is 14.9 Å². The maximum atomic E-state index is 12.3. The number of ether oxygens (including phenoxy) is 2. The Hall–Kier alpha value is -3.25. The van der Waals surface area contributed by atoms with Crippen LogP contribution >= 0.6 is 11.6 Å². The van der Waals surface area contributed by atoms with Gasteiger partial charge in [-0.3, -0.25) is 4.79 Å². The third-order valence-corrected chi connectivity index (χ3v) is 4.30. The molecule has 0 spiro atoms. The summed E-state index contributed by atoms with van der Waals surface area (Å²) in [7, 11) is 3.04. The molecule has 0 aliphatic carbocycles. The Morgan fingerprint density at radius 1 is 1.07 bits per heavy atom. The van der Waals surface area contributed by atoms with Gasteiger partial charge in [0.2, 0.25) is 0 Å². The number of hydrogen-bond donors (Lipinski definition) is 1. The number of amides is 1. The van der Waals surface area contributed by atoms with E-state index in [1.54, 1.807) is 24.3 Å². The van der Waals surface area contributed by atoms with Gasteiger partial charge >= 0.3 is 0 Å². The van der Waals surface area contributed by atoms with Crippen molar-refractivity contribution in [2.24, 2.45) is 5.10 Å². The number of hydrazone groups is 1. The fraction of sp³-hybridized carbons (Fsp3) is 0.143. The zero-order valence-corrected chi connectivity index (χ0v) is 16.4. The van der Waals surface area contributed by atoms with Gasteiger partial charge in [0, 0.05) is 22.2 Å². The molecule has 3 aromatic rings. The van der Waals surface area contributed by atoms with Crippen molar-refractivity contribution in [2.45, 2.75) is 6.92 Å². The van der Waals surface area contributed by atoms with E-state index in [-0.39, 0.29) is 0 Å². The number of benzene rings is 2. The molecule has 0 aliphatic heterocycles. The van der Waals surface area contributed by atoms with Crippen molar-refractivity contribution < 1.29 is 18.7 Å². The van der Waals surface area contributed by atoms with E-state index in [1.807, 2.05) is 31.2 Å². The van der Waals surface area contributed by atoms with Crippen LogP contribution in [0, 0.1) is 6.92 Å². The van der Waals surface area contributed by atoms with E-state index in [9.17, 15) is 4.79 Å². The summed E-state index contributed by atoms with van der Waals surface area (Å²) >= 11 is 6.06. The third-order valence-electron chi connectivity index (χ3n) is 4.06. The lowest BCUT2D eigenvalue weighted by molar-refractivity contribution is 0.0954. The van der Waals surface area contributed by atoms with Crippen LogP contribution in [0.2, 0.25) is 5.02 Å². The second-order valence-electron chi connectivity index (χ2n) is 5.96. The summed E-state index contributed by atoms with van der Waals surface area (Å²) in [4.78, 5) is 12.3. The number of nitrogens with one attached hydrogen (secondary N) is 1. The summed E-state index contributed by atoms with van der Waals surface area (Å²) in [5.74, 6) is 1.80. The number of furan rings is 1. The Morgan fingerprint density at radius 3 is 2.46 bits per heavy atom. The first-order valence-electron chi connectivity index (χ1n) is 8.43. The second-order valence-corrected chi connectivity index (χ2v) is 6.40. The molecule has 1 N–H and O–H groups in total. The molecule has 2 aromatic carbocycles. The summed E-state index contributed by atoms with van der Waals surface area (Å²) in [6.45, 7) is 1.98. The topological polar surface area (TPSA) is 73.1 Å². The van der Waals surface area contributed by atoms with Crippen LogP contribution in [-0.2, 0) is 0 Å². The van der Waals surface area contributed by atoms with Crippen LogP contribution in [0.5, 0.6) is 11.5 Å². The Labute approximate surface area is 167 Å². The number of carbonyl (C=O) groups is 1. The van der Waals surface area contributed by atoms with Crippen LogP contribution in [0.1, 0.15) is 21.7 Å². The van der Waals surface area contributed by atoms with Crippen molar-refractivity contribution in [2.75, 3.05) is 14.2 Å². The summed E-state index contributed by atoms with van der Waals surface area (Å²) in [6.07, 6.45) is 1.43. The fourth-order valence-corrected chi connectivity index (χ4v) is 2.76. The van der Waals surface area contributed by atoms with Gasteiger partial charge in [-0.2, -0.15) is 5.10 Å². The van der Waals surface area contributed by atoms with Crippen LogP contribution in [0.15, 0.2) is 58.0 Å². The SMILES string of the molecule is COc1cc(OC)cc(C(=O)N/N=C\c2ccc(-c3cc(Cl)ccc3C)o2)c1. The Bertz CT molecular complexity index is 1000. The Kier molecular flexibility index (Phi) is 6.01. The standard InChI is InChI=1S/C21H19ClN2O4/c1-13-4-5-15(22)10-19(13)20-7-6-16(28-20)12-23-24-21(25)14-8-17(26-2)11-18(9-14)27-3/h4-12H,1-3H3,(H,24,25)/b23-12-. The molecule has 1 amide bonds. The smallest absolute Gasteiger partial charge is 0.271 e. The van der Waals surface area contributed by atoms with Gasteiger partial charge in [0.15, 0.2) is 0 Å². The zero-order valence-electron chi connectivity index (χ0n) is 15.7. The lowest BCUT2D eigenvalue weighted by Crippen LogP contribution is -2.17. The lowest BCUT2D eigenvalue weighted by atomic mass is 10.1. The van der Waals surface area contributed by atoms with E-state index in [4.69, 9.17) is 25.5 Å². The molecule has 0 saturated heterocycles. The predicted molar refractivity (Wildman–Crippen MR) is 108 cm³/mol. The Balaban J connectivity index is 1.71. The summed E-state index contributed by atoms with van der Waals surface area (Å²) in [5, 5.41) is 4.58. The number of halogens is 1. The van der Waals surface area contributed by atoms with Gasteiger partial charge < -0.3 is 13.9 Å². The number of methoxy groups -OCH3 is 2. The molecule has 1 heterocycles. The third kappa shape index (κ3) is 4.53. The predicted octanol–water partition coefficient (Wildman–Crippen LogP) is 4.69. The summed E-state index contributed by atoms with van der Waals surface area (Å²) < 4.78 is 16.1. The van der Waals surface area contributed by atoms with Gasteiger partial charge in [-0.25, -0.2) is 5.43 Å². The van der Waals surface area contributed by atoms with Gasteiger partial charge in [0.05, 0.1) is 20.4 Å². The molecule has 0 atom stereocenters. The molecule has 28 heavy (non-hydrogen) atoms. The molecule has 6 nitrogen and oxygen atoms in total. The first kappa shape index (κ1) is 19.5. The molecule has 0 saturated carbocycles. The Morgan fingerprint density at radius 2 is 1.79 bits per heavy atom. The largest absolute Gasteiger partial charge is 0.497 e. The highest BCUT2D eigenvalue weighted by molar-refractivity contribution is 6.30. The second kappa shape index (κ2) is 8.63. The minimum atomic E-state index is -0.397. The van der Waals surface area contributed by atoms with E-state index in [0.717, 1.165) is 11.1 Å². The minimum Gasteiger partial charge on any atom is -0.497 e. The maximum absolute atomic E-state index is 12.3. The number of hydrogen-bond acceptors (Lipinski definition) is 5. The number of aryl methyl sites for hydroxylation is 1. The molecule has 0 fully saturated rings. The van der Waals surface area contributed by atoms with E-state index in [2.05, 4.69) is 10.5 Å². The highest BCUT2D eigenvalue weighted by atomic mass is 35.5. The van der Waals surface area contributed by atoms with Gasteiger partial charge in [-0.1, -0.05) is 17.7 Å². The molecule has 0 bridgehead atoms. The normalized spacial score (nSPS) is 10.9. The number of rotatable bonds is 6. The molecule has 0 radical (unpaired) electrons. The van der Waals surface area contributed by atoms with Crippen LogP contribution in [-0.4, -0.2) is 26.3 Å². The van der Waals surface area contributed by atoms with E-state index < -0.39 is 5.91 Å². The van der Waals surface area contributed by atoms with Crippen molar-refractivity contribution >= 4 is 23.7 Å². The van der Waals surface area contributed by atoms with E-state index in [0.29, 0.717) is 33.6 Å². The van der Waals surface area contributed by atoms with E-state index >= 15 is 0 Å². The van der Waals surface area contributed by atoms with Crippen LogP contribution in [0.25, 0.3) is 11.3 Å². The molecule has 0 unspecified atom stereocenters. The zero-order chi connectivity index (χ0) is 20.1. The first-order valence-corrected chi connectivity index (χ1v) is 8.81. The van der Waals surface area contributed by atoms with Crippen LogP contribution in [0.3, 0.4) is 0 Å². The molecular formula is C21H19ClN2O4. The van der Waals surface area contributed by atoms with Crippen molar-refractivity contribution in [1.82, 2.24) is 5.43 Å². The lowest BCUT2D eigenvalue weighted by Gasteiger charge is -2.07. The highest BCUT2D eigenvalue weighted by Crippen LogP contribution is 2.28. The van der Waals surface area contributed by atoms with Crippen LogP contribution in [0.4, 0.5) is 0 Å². The van der Waals surface area contributed by atoms with Gasteiger partial charge in [0.25, 0.3) is 5.91 Å². The van der Waals surface area contributed by atoms with Crippen molar-refractivity contribution in [3.8, 4) is 22.8 Å².